The van der Waals surface area contributed by atoms with Crippen molar-refractivity contribution in [3.8, 4) is 10.4 Å². The zero-order chi connectivity index (χ0) is 21.2. The van der Waals surface area contributed by atoms with Crippen molar-refractivity contribution in [3.05, 3.63) is 83.6 Å². The van der Waals surface area contributed by atoms with Gasteiger partial charge in [0, 0.05) is 28.5 Å². The summed E-state index contributed by atoms with van der Waals surface area (Å²) in [4.78, 5) is 17.1. The van der Waals surface area contributed by atoms with Crippen LogP contribution in [0.4, 0.5) is 11.4 Å². The van der Waals surface area contributed by atoms with Crippen LogP contribution in [-0.2, 0) is 13.0 Å². The first-order valence-corrected chi connectivity index (χ1v) is 10.8. The number of H-pyrrole nitrogens is 1. The van der Waals surface area contributed by atoms with Crippen molar-refractivity contribution in [3.63, 3.8) is 0 Å². The van der Waals surface area contributed by atoms with Gasteiger partial charge in [-0.05, 0) is 47.2 Å². The molecular weight excluding hydrogens is 408 g/mol. The van der Waals surface area contributed by atoms with E-state index in [0.717, 1.165) is 22.4 Å². The van der Waals surface area contributed by atoms with Crippen molar-refractivity contribution in [2.45, 2.75) is 13.0 Å². The lowest BCUT2D eigenvalue weighted by molar-refractivity contribution is 0.102. The monoisotopic (exact) mass is 428 g/mol. The molecule has 2 aromatic carbocycles. The Morgan fingerprint density at radius 2 is 2.06 bits per heavy atom. The van der Waals surface area contributed by atoms with E-state index in [1.165, 1.54) is 10.9 Å². The number of anilines is 2. The molecule has 1 amide bonds. The molecule has 0 saturated carbocycles. The van der Waals surface area contributed by atoms with Gasteiger partial charge in [-0.1, -0.05) is 35.5 Å². The molecule has 0 saturated heterocycles. The van der Waals surface area contributed by atoms with Crippen LogP contribution in [0.25, 0.3) is 21.3 Å². The van der Waals surface area contributed by atoms with Crippen molar-refractivity contribution in [1.29, 1.82) is 0 Å². The molecule has 154 valence electrons. The van der Waals surface area contributed by atoms with E-state index in [1.807, 2.05) is 48.0 Å². The molecule has 7 nitrogen and oxygen atoms in total. The minimum atomic E-state index is -0.339. The zero-order valence-corrected chi connectivity index (χ0v) is 17.4. The molecular formula is C23H20N6OS. The normalized spacial score (nSPS) is 11.1. The molecule has 0 atom stereocenters. The molecule has 0 aliphatic heterocycles. The van der Waals surface area contributed by atoms with E-state index < -0.39 is 0 Å². The number of amides is 1. The third kappa shape index (κ3) is 3.93. The highest BCUT2D eigenvalue weighted by Crippen LogP contribution is 2.30. The highest BCUT2D eigenvalue weighted by Gasteiger charge is 2.14. The molecule has 0 spiro atoms. The number of nitrogens with zero attached hydrogens (tertiary/aromatic N) is 3. The van der Waals surface area contributed by atoms with E-state index in [1.54, 1.807) is 28.3 Å². The Bertz CT molecular complexity index is 1350. The number of benzene rings is 2. The molecule has 5 aromatic rings. The average Bonchev–Trinajstić information content (AvgIpc) is 3.54. The summed E-state index contributed by atoms with van der Waals surface area (Å²) in [7, 11) is 0. The Morgan fingerprint density at radius 3 is 2.94 bits per heavy atom. The van der Waals surface area contributed by atoms with Gasteiger partial charge in [0.1, 0.15) is 0 Å². The maximum atomic E-state index is 12.7. The number of fused-ring (bicyclic) bond motifs is 1. The van der Waals surface area contributed by atoms with Gasteiger partial charge in [0.15, 0.2) is 5.69 Å². The first kappa shape index (κ1) is 19.1. The van der Waals surface area contributed by atoms with Gasteiger partial charge in [-0.3, -0.25) is 9.48 Å². The summed E-state index contributed by atoms with van der Waals surface area (Å²) in [6.45, 7) is 0.623. The molecule has 8 heteroatoms. The second-order valence-electron chi connectivity index (χ2n) is 7.21. The predicted octanol–water partition coefficient (Wildman–Crippen LogP) is 4.57. The van der Waals surface area contributed by atoms with E-state index in [-0.39, 0.29) is 11.6 Å². The highest BCUT2D eigenvalue weighted by atomic mass is 32.1. The van der Waals surface area contributed by atoms with Crippen LogP contribution in [0.5, 0.6) is 0 Å². The van der Waals surface area contributed by atoms with Gasteiger partial charge in [-0.2, -0.15) is 0 Å². The maximum absolute atomic E-state index is 12.7. The Balaban J connectivity index is 1.28. The van der Waals surface area contributed by atoms with Gasteiger partial charge in [0.05, 0.1) is 17.6 Å². The first-order valence-electron chi connectivity index (χ1n) is 9.87. The van der Waals surface area contributed by atoms with Crippen LogP contribution >= 0.6 is 11.3 Å². The highest BCUT2D eigenvalue weighted by molar-refractivity contribution is 7.13. The van der Waals surface area contributed by atoms with Crippen molar-refractivity contribution in [2.24, 2.45) is 0 Å². The molecule has 3 heterocycles. The molecule has 0 fully saturated rings. The number of para-hydroxylation sites is 1. The second-order valence-corrected chi connectivity index (χ2v) is 8.16. The summed E-state index contributed by atoms with van der Waals surface area (Å²) in [5.41, 5.74) is 10.7. The molecule has 0 bridgehead atoms. The number of nitrogen functional groups attached to an aromatic ring is 1. The number of aromatic nitrogens is 4. The third-order valence-electron chi connectivity index (χ3n) is 5.16. The molecule has 3 aromatic heterocycles. The van der Waals surface area contributed by atoms with E-state index in [2.05, 4.69) is 32.7 Å². The molecule has 5 rings (SSSR count). The Kier molecular flexibility index (Phi) is 4.97. The van der Waals surface area contributed by atoms with Crippen LogP contribution in [0, 0.1) is 0 Å². The third-order valence-corrected chi connectivity index (χ3v) is 6.08. The van der Waals surface area contributed by atoms with Gasteiger partial charge >= 0.3 is 0 Å². The fourth-order valence-corrected chi connectivity index (χ4v) is 4.26. The van der Waals surface area contributed by atoms with Crippen LogP contribution in [0.2, 0.25) is 0 Å². The quantitative estimate of drug-likeness (QED) is 0.345. The summed E-state index contributed by atoms with van der Waals surface area (Å²) in [6, 6.07) is 17.8. The summed E-state index contributed by atoms with van der Waals surface area (Å²) < 4.78 is 1.68. The maximum Gasteiger partial charge on any atom is 0.277 e. The van der Waals surface area contributed by atoms with Crippen LogP contribution in [0.15, 0.2) is 72.4 Å². The standard InChI is InChI=1S/C23H20N6OS/c24-18-8-7-15(22-6-3-11-31-22)12-20(18)26-23(30)21-14-29(28-27-21)10-9-16-13-25-19-5-2-1-4-17(16)19/h1-8,11-14,25H,9-10,24H2,(H,26,30). The van der Waals surface area contributed by atoms with Gasteiger partial charge in [-0.25, -0.2) is 0 Å². The lowest BCUT2D eigenvalue weighted by atomic mass is 10.1. The molecule has 0 radical (unpaired) electrons. The summed E-state index contributed by atoms with van der Waals surface area (Å²) >= 11 is 1.63. The number of carbonyl (C=O) groups is 1. The minimum absolute atomic E-state index is 0.250. The summed E-state index contributed by atoms with van der Waals surface area (Å²) in [5, 5.41) is 14.2. The number of hydrogen-bond donors (Lipinski definition) is 3. The topological polar surface area (TPSA) is 102 Å². The number of carbonyl (C=O) groups excluding carboxylic acids is 1. The molecule has 0 aliphatic rings. The summed E-state index contributed by atoms with van der Waals surface area (Å²) in [6.07, 6.45) is 4.45. The van der Waals surface area contributed by atoms with Crippen molar-refractivity contribution in [2.75, 3.05) is 11.1 Å². The lowest BCUT2D eigenvalue weighted by Crippen LogP contribution is -2.13. The Morgan fingerprint density at radius 1 is 1.16 bits per heavy atom. The van der Waals surface area contributed by atoms with Gasteiger partial charge in [-0.15, -0.1) is 16.4 Å². The number of thiophene rings is 1. The van der Waals surface area contributed by atoms with Crippen molar-refractivity contribution in [1.82, 2.24) is 20.0 Å². The SMILES string of the molecule is Nc1ccc(-c2cccs2)cc1NC(=O)c1cn(CCc2c[nH]c3ccccc23)nn1. The summed E-state index contributed by atoms with van der Waals surface area (Å²) in [5.74, 6) is -0.339. The lowest BCUT2D eigenvalue weighted by Gasteiger charge is -2.08. The molecule has 0 unspecified atom stereocenters. The molecule has 4 N–H and O–H groups in total. The number of aromatic amines is 1. The second kappa shape index (κ2) is 8.08. The number of nitrogens with one attached hydrogen (secondary N) is 2. The first-order chi connectivity index (χ1) is 15.2. The smallest absolute Gasteiger partial charge is 0.277 e. The van der Waals surface area contributed by atoms with E-state index in [0.29, 0.717) is 17.9 Å². The Hall–Kier alpha value is -3.91. The number of rotatable bonds is 6. The van der Waals surface area contributed by atoms with Crippen molar-refractivity contribution < 1.29 is 4.79 Å². The number of aryl methyl sites for hydroxylation is 2. The van der Waals surface area contributed by atoms with Crippen LogP contribution < -0.4 is 11.1 Å². The van der Waals surface area contributed by atoms with Crippen LogP contribution in [0.1, 0.15) is 16.1 Å². The van der Waals surface area contributed by atoms with E-state index in [9.17, 15) is 4.79 Å². The fraction of sp³-hybridized carbons (Fsp3) is 0.0870. The van der Waals surface area contributed by atoms with Crippen molar-refractivity contribution >= 4 is 39.5 Å². The predicted molar refractivity (Wildman–Crippen MR) is 124 cm³/mol. The number of nitrogens with two attached hydrogens (primary N) is 1. The van der Waals surface area contributed by atoms with Crippen LogP contribution in [0.3, 0.4) is 0 Å². The van der Waals surface area contributed by atoms with Crippen LogP contribution in [-0.4, -0.2) is 25.9 Å². The Labute approximate surface area is 182 Å². The van der Waals surface area contributed by atoms with Gasteiger partial charge < -0.3 is 16.0 Å². The van der Waals surface area contributed by atoms with Gasteiger partial charge in [0.2, 0.25) is 0 Å². The van der Waals surface area contributed by atoms with E-state index in [4.69, 9.17) is 5.73 Å². The molecule has 0 aliphatic carbocycles. The average molecular weight is 429 g/mol. The molecule has 31 heavy (non-hydrogen) atoms. The van der Waals surface area contributed by atoms with E-state index >= 15 is 0 Å². The van der Waals surface area contributed by atoms with Gasteiger partial charge in [0.25, 0.3) is 5.91 Å². The zero-order valence-electron chi connectivity index (χ0n) is 16.6. The minimum Gasteiger partial charge on any atom is -0.397 e. The largest absolute Gasteiger partial charge is 0.397 e. The number of hydrogen-bond acceptors (Lipinski definition) is 5. The fourth-order valence-electron chi connectivity index (χ4n) is 3.53.